The molecule has 0 aliphatic carbocycles. The van der Waals surface area contributed by atoms with Gasteiger partial charge in [0.15, 0.2) is 0 Å². The number of carbonyl (C=O) groups is 3. The van der Waals surface area contributed by atoms with Crippen LogP contribution >= 0.6 is 11.8 Å². The third kappa shape index (κ3) is 5.51. The van der Waals surface area contributed by atoms with Gasteiger partial charge in [-0.25, -0.2) is 0 Å². The van der Waals surface area contributed by atoms with E-state index in [9.17, 15) is 14.4 Å². The monoisotopic (exact) mass is 414 g/mol. The highest BCUT2D eigenvalue weighted by Gasteiger charge is 2.35. The van der Waals surface area contributed by atoms with Crippen molar-refractivity contribution in [3.05, 3.63) is 65.7 Å². The highest BCUT2D eigenvalue weighted by atomic mass is 32.2. The molecule has 1 N–H and O–H groups in total. The first-order valence-electron chi connectivity index (χ1n) is 9.08. The second kappa shape index (κ2) is 9.97. The van der Waals surface area contributed by atoms with E-state index in [0.717, 1.165) is 11.1 Å². The molecule has 2 amide bonds. The van der Waals surface area contributed by atoms with Gasteiger partial charge in [0.2, 0.25) is 11.8 Å². The lowest BCUT2D eigenvalue weighted by atomic mass is 10.2. The minimum Gasteiger partial charge on any atom is -0.496 e. The number of hydrogen-bond acceptors (Lipinski definition) is 6. The fourth-order valence-corrected chi connectivity index (χ4v) is 4.14. The Kier molecular flexibility index (Phi) is 7.13. The van der Waals surface area contributed by atoms with Gasteiger partial charge < -0.3 is 19.7 Å². The maximum atomic E-state index is 12.3. The van der Waals surface area contributed by atoms with Crippen molar-refractivity contribution in [2.45, 2.75) is 12.0 Å². The summed E-state index contributed by atoms with van der Waals surface area (Å²) in [5, 5.41) is 2.21. The standard InChI is InChI=1S/C21H22N2O5S/c1-27-17-10-6-5-9-16(17)21-23(19(25)14-29-21)12-18(24)22-11-20(26)28-13-15-7-3-2-4-8-15/h2-10,21H,11-14H2,1H3,(H,22,24). The predicted molar refractivity (Wildman–Crippen MR) is 109 cm³/mol. The van der Waals surface area contributed by atoms with E-state index in [0.29, 0.717) is 5.75 Å². The van der Waals surface area contributed by atoms with Crippen LogP contribution in [0.1, 0.15) is 16.5 Å². The van der Waals surface area contributed by atoms with Crippen molar-refractivity contribution >= 4 is 29.5 Å². The van der Waals surface area contributed by atoms with Gasteiger partial charge in [-0.15, -0.1) is 11.8 Å². The van der Waals surface area contributed by atoms with E-state index in [1.165, 1.54) is 16.7 Å². The minimum absolute atomic E-state index is 0.132. The number of rotatable bonds is 8. The highest BCUT2D eigenvalue weighted by molar-refractivity contribution is 8.00. The van der Waals surface area contributed by atoms with Crippen LogP contribution in [0, 0.1) is 0 Å². The fraction of sp³-hybridized carbons (Fsp3) is 0.286. The number of para-hydroxylation sites is 1. The maximum Gasteiger partial charge on any atom is 0.325 e. The summed E-state index contributed by atoms with van der Waals surface area (Å²) >= 11 is 1.44. The Balaban J connectivity index is 1.52. The summed E-state index contributed by atoms with van der Waals surface area (Å²) in [5.74, 6) is -0.139. The first-order chi connectivity index (χ1) is 14.1. The molecule has 152 valence electrons. The molecule has 1 unspecified atom stereocenters. The number of hydrogen-bond donors (Lipinski definition) is 1. The quantitative estimate of drug-likeness (QED) is 0.666. The molecular formula is C21H22N2O5S. The van der Waals surface area contributed by atoms with Crippen LogP contribution < -0.4 is 10.1 Å². The molecule has 7 nitrogen and oxygen atoms in total. The van der Waals surface area contributed by atoms with Gasteiger partial charge in [-0.05, 0) is 11.6 Å². The average Bonchev–Trinajstić information content (AvgIpc) is 3.11. The molecular weight excluding hydrogens is 392 g/mol. The number of amides is 2. The SMILES string of the molecule is COc1ccccc1C1SCC(=O)N1CC(=O)NCC(=O)OCc1ccccc1. The Morgan fingerprint density at radius 1 is 1.14 bits per heavy atom. The molecule has 1 aliphatic heterocycles. The number of ether oxygens (including phenoxy) is 2. The van der Waals surface area contributed by atoms with Crippen molar-refractivity contribution in [2.75, 3.05) is 26.0 Å². The molecule has 3 rings (SSSR count). The normalized spacial score (nSPS) is 15.8. The number of thioether (sulfide) groups is 1. The lowest BCUT2D eigenvalue weighted by Crippen LogP contribution is -2.41. The molecule has 1 atom stereocenters. The largest absolute Gasteiger partial charge is 0.496 e. The third-order valence-electron chi connectivity index (χ3n) is 4.36. The summed E-state index contributed by atoms with van der Waals surface area (Å²) in [6.07, 6.45) is 0. The molecule has 29 heavy (non-hydrogen) atoms. The molecule has 0 aromatic heterocycles. The van der Waals surface area contributed by atoms with Crippen LogP contribution in [0.2, 0.25) is 0 Å². The first-order valence-corrected chi connectivity index (χ1v) is 10.1. The van der Waals surface area contributed by atoms with Crippen LogP contribution in [0.25, 0.3) is 0 Å². The van der Waals surface area contributed by atoms with Gasteiger partial charge in [0.05, 0.1) is 12.9 Å². The summed E-state index contributed by atoms with van der Waals surface area (Å²) < 4.78 is 10.5. The maximum absolute atomic E-state index is 12.3. The van der Waals surface area contributed by atoms with Crippen LogP contribution in [0.5, 0.6) is 5.75 Å². The average molecular weight is 414 g/mol. The Morgan fingerprint density at radius 2 is 1.86 bits per heavy atom. The van der Waals surface area contributed by atoms with Crippen LogP contribution in [0.4, 0.5) is 0 Å². The minimum atomic E-state index is -0.536. The van der Waals surface area contributed by atoms with Crippen LogP contribution in [-0.2, 0) is 25.7 Å². The lowest BCUT2D eigenvalue weighted by Gasteiger charge is -2.24. The zero-order chi connectivity index (χ0) is 20.6. The predicted octanol–water partition coefficient (Wildman–Crippen LogP) is 2.13. The van der Waals surface area contributed by atoms with E-state index in [2.05, 4.69) is 5.32 Å². The topological polar surface area (TPSA) is 84.9 Å². The van der Waals surface area contributed by atoms with E-state index < -0.39 is 11.9 Å². The number of nitrogens with zero attached hydrogens (tertiary/aromatic N) is 1. The van der Waals surface area contributed by atoms with E-state index in [-0.39, 0.29) is 36.7 Å². The lowest BCUT2D eigenvalue weighted by molar-refractivity contribution is -0.145. The summed E-state index contributed by atoms with van der Waals surface area (Å²) in [5.41, 5.74) is 1.70. The van der Waals surface area contributed by atoms with Gasteiger partial charge >= 0.3 is 5.97 Å². The van der Waals surface area contributed by atoms with E-state index in [1.807, 2.05) is 54.6 Å². The van der Waals surface area contributed by atoms with Crippen molar-refractivity contribution in [1.29, 1.82) is 0 Å². The molecule has 1 heterocycles. The van der Waals surface area contributed by atoms with Gasteiger partial charge in [-0.2, -0.15) is 0 Å². The number of carbonyl (C=O) groups excluding carboxylic acids is 3. The zero-order valence-corrected chi connectivity index (χ0v) is 16.8. The Bertz CT molecular complexity index is 874. The summed E-state index contributed by atoms with van der Waals surface area (Å²) in [6, 6.07) is 16.7. The first kappa shape index (κ1) is 20.7. The van der Waals surface area contributed by atoms with Gasteiger partial charge in [-0.1, -0.05) is 48.5 Å². The third-order valence-corrected chi connectivity index (χ3v) is 5.60. The Morgan fingerprint density at radius 3 is 2.62 bits per heavy atom. The van der Waals surface area contributed by atoms with Gasteiger partial charge in [0.25, 0.3) is 0 Å². The van der Waals surface area contributed by atoms with E-state index >= 15 is 0 Å². The second-order valence-electron chi connectivity index (χ2n) is 6.35. The Hall–Kier alpha value is -3.00. The smallest absolute Gasteiger partial charge is 0.325 e. The fourth-order valence-electron chi connectivity index (χ4n) is 2.92. The van der Waals surface area contributed by atoms with Crippen molar-refractivity contribution in [2.24, 2.45) is 0 Å². The van der Waals surface area contributed by atoms with Gasteiger partial charge in [-0.3, -0.25) is 14.4 Å². The molecule has 8 heteroatoms. The molecule has 2 aromatic rings. The Labute approximate surface area is 173 Å². The van der Waals surface area contributed by atoms with E-state index in [4.69, 9.17) is 9.47 Å². The molecule has 0 spiro atoms. The zero-order valence-electron chi connectivity index (χ0n) is 16.0. The van der Waals surface area contributed by atoms with Crippen molar-refractivity contribution in [3.8, 4) is 5.75 Å². The number of methoxy groups -OCH3 is 1. The van der Waals surface area contributed by atoms with Crippen LogP contribution in [0.15, 0.2) is 54.6 Å². The number of esters is 1. The summed E-state index contributed by atoms with van der Waals surface area (Å²) in [4.78, 5) is 37.9. The van der Waals surface area contributed by atoms with Crippen molar-refractivity contribution < 1.29 is 23.9 Å². The van der Waals surface area contributed by atoms with Gasteiger partial charge in [0.1, 0.15) is 30.8 Å². The second-order valence-corrected chi connectivity index (χ2v) is 7.42. The molecule has 1 saturated heterocycles. The molecule has 0 bridgehead atoms. The number of benzene rings is 2. The van der Waals surface area contributed by atoms with Crippen LogP contribution in [0.3, 0.4) is 0 Å². The van der Waals surface area contributed by atoms with Crippen molar-refractivity contribution in [1.82, 2.24) is 10.2 Å². The molecule has 0 saturated carbocycles. The van der Waals surface area contributed by atoms with Gasteiger partial charge in [0, 0.05) is 5.56 Å². The summed E-state index contributed by atoms with van der Waals surface area (Å²) in [6.45, 7) is -0.243. The van der Waals surface area contributed by atoms with E-state index in [1.54, 1.807) is 7.11 Å². The van der Waals surface area contributed by atoms with Crippen LogP contribution in [-0.4, -0.2) is 48.6 Å². The molecule has 1 aliphatic rings. The molecule has 2 aromatic carbocycles. The number of nitrogens with one attached hydrogen (secondary N) is 1. The summed E-state index contributed by atoms with van der Waals surface area (Å²) in [7, 11) is 1.57. The highest BCUT2D eigenvalue weighted by Crippen LogP contribution is 2.41. The molecule has 1 fully saturated rings. The molecule has 0 radical (unpaired) electrons. The van der Waals surface area contributed by atoms with Crippen molar-refractivity contribution in [3.63, 3.8) is 0 Å².